The highest BCUT2D eigenvalue weighted by Gasteiger charge is 2.20. The van der Waals surface area contributed by atoms with Crippen molar-refractivity contribution in [3.63, 3.8) is 0 Å². The standard InChI is InChI=1S/C16H14BrClO3/c1-9-4-5-10(8-12(9)17)15(19)11-6-7-13(20-2)14(18)16(11)21-3/h4-8H,1-3H3. The number of carbonyl (C=O) groups excluding carboxylic acids is 1. The molecule has 0 aromatic heterocycles. The lowest BCUT2D eigenvalue weighted by molar-refractivity contribution is 0.103. The van der Waals surface area contributed by atoms with Gasteiger partial charge in [-0.3, -0.25) is 4.79 Å². The van der Waals surface area contributed by atoms with Crippen LogP contribution in [0.15, 0.2) is 34.8 Å². The third-order valence-corrected chi connectivity index (χ3v) is 4.38. The van der Waals surface area contributed by atoms with Gasteiger partial charge in [0.05, 0.1) is 19.8 Å². The maximum Gasteiger partial charge on any atom is 0.196 e. The van der Waals surface area contributed by atoms with Gasteiger partial charge in [-0.1, -0.05) is 39.7 Å². The zero-order chi connectivity index (χ0) is 15.6. The summed E-state index contributed by atoms with van der Waals surface area (Å²) in [5.41, 5.74) is 2.03. The highest BCUT2D eigenvalue weighted by atomic mass is 79.9. The minimum Gasteiger partial charge on any atom is -0.495 e. The minimum atomic E-state index is -0.155. The molecular weight excluding hydrogens is 356 g/mol. The molecule has 0 N–H and O–H groups in total. The Labute approximate surface area is 137 Å². The van der Waals surface area contributed by atoms with Crippen molar-refractivity contribution in [1.82, 2.24) is 0 Å². The molecule has 3 nitrogen and oxygen atoms in total. The first-order valence-corrected chi connectivity index (χ1v) is 7.38. The lowest BCUT2D eigenvalue weighted by Gasteiger charge is -2.12. The van der Waals surface area contributed by atoms with E-state index in [1.165, 1.54) is 14.2 Å². The van der Waals surface area contributed by atoms with Crippen molar-refractivity contribution in [2.75, 3.05) is 14.2 Å². The lowest BCUT2D eigenvalue weighted by Crippen LogP contribution is -2.05. The second-order valence-corrected chi connectivity index (χ2v) is 5.69. The Hall–Kier alpha value is -1.52. The van der Waals surface area contributed by atoms with Gasteiger partial charge in [-0.2, -0.15) is 0 Å². The van der Waals surface area contributed by atoms with Crippen LogP contribution in [0.3, 0.4) is 0 Å². The molecule has 0 aliphatic heterocycles. The molecule has 0 radical (unpaired) electrons. The van der Waals surface area contributed by atoms with Crippen molar-refractivity contribution < 1.29 is 14.3 Å². The number of carbonyl (C=O) groups is 1. The SMILES string of the molecule is COc1ccc(C(=O)c2ccc(C)c(Br)c2)c(OC)c1Cl. The van der Waals surface area contributed by atoms with Crippen LogP contribution in [0.1, 0.15) is 21.5 Å². The Balaban J connectivity index is 2.52. The lowest BCUT2D eigenvalue weighted by atomic mass is 10.0. The van der Waals surface area contributed by atoms with Crippen molar-refractivity contribution in [3.8, 4) is 11.5 Å². The van der Waals surface area contributed by atoms with Crippen LogP contribution in [0.2, 0.25) is 5.02 Å². The first kappa shape index (κ1) is 15.9. The molecule has 5 heteroatoms. The fraction of sp³-hybridized carbons (Fsp3) is 0.188. The number of methoxy groups -OCH3 is 2. The molecule has 0 atom stereocenters. The molecule has 21 heavy (non-hydrogen) atoms. The Kier molecular flexibility index (Phi) is 4.91. The van der Waals surface area contributed by atoms with Crippen molar-refractivity contribution in [3.05, 3.63) is 56.5 Å². The molecule has 2 aromatic rings. The van der Waals surface area contributed by atoms with Crippen LogP contribution in [0, 0.1) is 6.92 Å². The number of ketones is 1. The molecular formula is C16H14BrClO3. The molecule has 2 rings (SSSR count). The van der Waals surface area contributed by atoms with E-state index in [0.717, 1.165) is 10.0 Å². The number of hydrogen-bond acceptors (Lipinski definition) is 3. The number of rotatable bonds is 4. The van der Waals surface area contributed by atoms with E-state index < -0.39 is 0 Å². The molecule has 0 bridgehead atoms. The van der Waals surface area contributed by atoms with Crippen molar-refractivity contribution >= 4 is 33.3 Å². The van der Waals surface area contributed by atoms with Gasteiger partial charge in [-0.15, -0.1) is 0 Å². The summed E-state index contributed by atoms with van der Waals surface area (Å²) in [5.74, 6) is 0.630. The van der Waals surface area contributed by atoms with E-state index in [1.807, 2.05) is 13.0 Å². The predicted molar refractivity (Wildman–Crippen MR) is 86.9 cm³/mol. The molecule has 2 aromatic carbocycles. The summed E-state index contributed by atoms with van der Waals surface area (Å²) in [5, 5.41) is 0.289. The Morgan fingerprint density at radius 2 is 1.86 bits per heavy atom. The molecule has 0 amide bonds. The van der Waals surface area contributed by atoms with E-state index in [0.29, 0.717) is 22.6 Å². The number of ether oxygens (including phenoxy) is 2. The van der Waals surface area contributed by atoms with Crippen LogP contribution in [-0.4, -0.2) is 20.0 Å². The largest absolute Gasteiger partial charge is 0.495 e. The van der Waals surface area contributed by atoms with Crippen LogP contribution in [0.5, 0.6) is 11.5 Å². The van der Waals surface area contributed by atoms with E-state index in [9.17, 15) is 4.79 Å². The van der Waals surface area contributed by atoms with Gasteiger partial charge in [0.1, 0.15) is 10.8 Å². The van der Waals surface area contributed by atoms with Crippen LogP contribution < -0.4 is 9.47 Å². The van der Waals surface area contributed by atoms with Crippen LogP contribution >= 0.6 is 27.5 Å². The number of halogens is 2. The monoisotopic (exact) mass is 368 g/mol. The number of aryl methyl sites for hydroxylation is 1. The van der Waals surface area contributed by atoms with Gasteiger partial charge in [-0.25, -0.2) is 0 Å². The van der Waals surface area contributed by atoms with E-state index in [2.05, 4.69) is 15.9 Å². The van der Waals surface area contributed by atoms with E-state index >= 15 is 0 Å². The molecule has 110 valence electrons. The Morgan fingerprint density at radius 1 is 1.14 bits per heavy atom. The number of benzene rings is 2. The summed E-state index contributed by atoms with van der Waals surface area (Å²) in [6.07, 6.45) is 0. The molecule has 0 aliphatic carbocycles. The van der Waals surface area contributed by atoms with Crippen molar-refractivity contribution in [2.45, 2.75) is 6.92 Å². The average molecular weight is 370 g/mol. The van der Waals surface area contributed by atoms with Gasteiger partial charge < -0.3 is 9.47 Å². The summed E-state index contributed by atoms with van der Waals surface area (Å²) < 4.78 is 11.3. The maximum atomic E-state index is 12.6. The van der Waals surface area contributed by atoms with Gasteiger partial charge in [0, 0.05) is 10.0 Å². The second kappa shape index (κ2) is 6.50. The first-order valence-electron chi connectivity index (χ1n) is 6.21. The zero-order valence-corrected chi connectivity index (χ0v) is 14.2. The summed E-state index contributed by atoms with van der Waals surface area (Å²) >= 11 is 9.62. The molecule has 0 saturated heterocycles. The summed E-state index contributed by atoms with van der Waals surface area (Å²) in [7, 11) is 2.99. The zero-order valence-electron chi connectivity index (χ0n) is 11.9. The Morgan fingerprint density at radius 3 is 2.43 bits per heavy atom. The molecule has 0 fully saturated rings. The predicted octanol–water partition coefficient (Wildman–Crippen LogP) is 4.66. The molecule has 0 spiro atoms. The van der Waals surface area contributed by atoms with Crippen LogP contribution in [0.4, 0.5) is 0 Å². The molecule has 0 saturated carbocycles. The van der Waals surface area contributed by atoms with E-state index in [4.69, 9.17) is 21.1 Å². The van der Waals surface area contributed by atoms with Gasteiger partial charge in [0.2, 0.25) is 0 Å². The Bertz CT molecular complexity index is 698. The fourth-order valence-corrected chi connectivity index (χ4v) is 2.66. The number of hydrogen-bond donors (Lipinski definition) is 0. The second-order valence-electron chi connectivity index (χ2n) is 4.46. The normalized spacial score (nSPS) is 10.3. The van der Waals surface area contributed by atoms with Gasteiger partial charge >= 0.3 is 0 Å². The average Bonchev–Trinajstić information content (AvgIpc) is 2.49. The minimum absolute atomic E-state index is 0.155. The van der Waals surface area contributed by atoms with Gasteiger partial charge in [0.15, 0.2) is 11.5 Å². The maximum absolute atomic E-state index is 12.6. The van der Waals surface area contributed by atoms with Crippen LogP contribution in [0.25, 0.3) is 0 Å². The topological polar surface area (TPSA) is 35.5 Å². The van der Waals surface area contributed by atoms with Gasteiger partial charge in [0.25, 0.3) is 0 Å². The first-order chi connectivity index (χ1) is 9.99. The summed E-state index contributed by atoms with van der Waals surface area (Å²) in [4.78, 5) is 12.6. The smallest absolute Gasteiger partial charge is 0.196 e. The third-order valence-electron chi connectivity index (χ3n) is 3.16. The fourth-order valence-electron chi connectivity index (χ4n) is 1.96. The third kappa shape index (κ3) is 3.06. The molecule has 0 aliphatic rings. The molecule has 0 unspecified atom stereocenters. The van der Waals surface area contributed by atoms with Crippen molar-refractivity contribution in [1.29, 1.82) is 0 Å². The van der Waals surface area contributed by atoms with E-state index in [-0.39, 0.29) is 10.8 Å². The van der Waals surface area contributed by atoms with Crippen LogP contribution in [-0.2, 0) is 0 Å². The highest BCUT2D eigenvalue weighted by molar-refractivity contribution is 9.10. The summed E-state index contributed by atoms with van der Waals surface area (Å²) in [6.45, 7) is 1.96. The summed E-state index contributed by atoms with van der Waals surface area (Å²) in [6, 6.07) is 8.76. The van der Waals surface area contributed by atoms with Crippen molar-refractivity contribution in [2.24, 2.45) is 0 Å². The highest BCUT2D eigenvalue weighted by Crippen LogP contribution is 2.37. The van der Waals surface area contributed by atoms with Gasteiger partial charge in [-0.05, 0) is 30.7 Å². The molecule has 0 heterocycles. The van der Waals surface area contributed by atoms with E-state index in [1.54, 1.807) is 24.3 Å². The quantitative estimate of drug-likeness (QED) is 0.735.